The first-order chi connectivity index (χ1) is 8.85. The number of hydrogen-bond donors (Lipinski definition) is 2. The van der Waals surface area contributed by atoms with Crippen molar-refractivity contribution in [1.82, 2.24) is 4.90 Å². The molecule has 0 spiro atoms. The average Bonchev–Trinajstić information content (AvgIpc) is 2.35. The van der Waals surface area contributed by atoms with Gasteiger partial charge in [0.1, 0.15) is 5.75 Å². The van der Waals surface area contributed by atoms with Gasteiger partial charge in [-0.1, -0.05) is 0 Å². The van der Waals surface area contributed by atoms with Gasteiger partial charge in [-0.25, -0.2) is 4.79 Å². The largest absolute Gasteiger partial charge is 0.497 e. The molecule has 0 unspecified atom stereocenters. The summed E-state index contributed by atoms with van der Waals surface area (Å²) in [6.45, 7) is 6.05. The summed E-state index contributed by atoms with van der Waals surface area (Å²) in [4.78, 5) is 13.6. The minimum atomic E-state index is -0.909. The fraction of sp³-hybridized carbons (Fsp3) is 0.500. The predicted molar refractivity (Wildman–Crippen MR) is 75.6 cm³/mol. The van der Waals surface area contributed by atoms with E-state index in [1.807, 2.05) is 6.92 Å². The van der Waals surface area contributed by atoms with Crippen LogP contribution in [0.5, 0.6) is 5.75 Å². The molecular weight excluding hydrogens is 244 g/mol. The highest BCUT2D eigenvalue weighted by atomic mass is 16.5. The van der Waals surface area contributed by atoms with Crippen LogP contribution in [0.4, 0.5) is 10.5 Å². The number of likely N-dealkylation sites (N-methyl/N-ethyl adjacent to an activating group) is 1. The molecule has 2 amide bonds. The number of ether oxygens (including phenoxy) is 1. The van der Waals surface area contributed by atoms with E-state index in [-0.39, 0.29) is 12.6 Å². The van der Waals surface area contributed by atoms with Gasteiger partial charge in [-0.3, -0.25) is 0 Å². The van der Waals surface area contributed by atoms with Crippen molar-refractivity contribution in [1.29, 1.82) is 0 Å². The molecule has 1 aromatic carbocycles. The molecule has 5 nitrogen and oxygen atoms in total. The highest BCUT2D eigenvalue weighted by Crippen LogP contribution is 2.16. The zero-order chi connectivity index (χ0) is 14.5. The molecule has 2 N–H and O–H groups in total. The zero-order valence-corrected chi connectivity index (χ0v) is 11.9. The van der Waals surface area contributed by atoms with E-state index < -0.39 is 5.60 Å². The predicted octanol–water partition coefficient (Wildman–Crippen LogP) is 2.32. The lowest BCUT2D eigenvalue weighted by molar-refractivity contribution is 0.0501. The van der Waals surface area contributed by atoms with Gasteiger partial charge in [0, 0.05) is 12.2 Å². The first-order valence-corrected chi connectivity index (χ1v) is 6.28. The maximum atomic E-state index is 12.0. The van der Waals surface area contributed by atoms with Gasteiger partial charge in [0.2, 0.25) is 0 Å². The molecule has 0 aliphatic carbocycles. The van der Waals surface area contributed by atoms with E-state index in [0.29, 0.717) is 12.2 Å². The van der Waals surface area contributed by atoms with Crippen molar-refractivity contribution in [3.8, 4) is 5.75 Å². The summed E-state index contributed by atoms with van der Waals surface area (Å²) in [6, 6.07) is 6.88. The molecule has 0 radical (unpaired) electrons. The second-order valence-electron chi connectivity index (χ2n) is 4.99. The lowest BCUT2D eigenvalue weighted by Gasteiger charge is -2.28. The average molecular weight is 266 g/mol. The van der Waals surface area contributed by atoms with Crippen molar-refractivity contribution >= 4 is 11.7 Å². The summed E-state index contributed by atoms with van der Waals surface area (Å²) in [5.74, 6) is 0.738. The lowest BCUT2D eigenvalue weighted by atomic mass is 10.1. The number of benzene rings is 1. The number of nitrogens with zero attached hydrogens (tertiary/aromatic N) is 1. The molecule has 106 valence electrons. The fourth-order valence-electron chi connectivity index (χ4n) is 1.67. The number of nitrogens with one attached hydrogen (secondary N) is 1. The van der Waals surface area contributed by atoms with Crippen LogP contribution in [0, 0.1) is 0 Å². The molecule has 0 atom stereocenters. The van der Waals surface area contributed by atoms with Crippen LogP contribution in [0.3, 0.4) is 0 Å². The van der Waals surface area contributed by atoms with Crippen LogP contribution in [0.2, 0.25) is 0 Å². The van der Waals surface area contributed by atoms with E-state index in [9.17, 15) is 9.90 Å². The molecule has 0 heterocycles. The van der Waals surface area contributed by atoms with Crippen molar-refractivity contribution in [3.05, 3.63) is 24.3 Å². The van der Waals surface area contributed by atoms with E-state index in [4.69, 9.17) is 4.74 Å². The third kappa shape index (κ3) is 5.18. The number of carbonyl (C=O) groups is 1. The quantitative estimate of drug-likeness (QED) is 0.859. The third-order valence-electron chi connectivity index (χ3n) is 2.59. The number of carbonyl (C=O) groups excluding carboxylic acids is 1. The molecule has 1 aromatic rings. The van der Waals surface area contributed by atoms with Crippen LogP contribution in [-0.4, -0.2) is 41.8 Å². The number of methoxy groups -OCH3 is 1. The molecule has 0 aliphatic rings. The van der Waals surface area contributed by atoms with E-state index >= 15 is 0 Å². The Morgan fingerprint density at radius 2 is 1.95 bits per heavy atom. The molecule has 19 heavy (non-hydrogen) atoms. The molecule has 0 saturated carbocycles. The highest BCUT2D eigenvalue weighted by molar-refractivity contribution is 5.89. The SMILES string of the molecule is CCN(CC(C)(C)O)C(=O)Nc1ccc(OC)cc1. The normalized spacial score (nSPS) is 11.0. The first kappa shape index (κ1) is 15.3. The second kappa shape index (κ2) is 6.43. The van der Waals surface area contributed by atoms with Crippen molar-refractivity contribution in [2.24, 2.45) is 0 Å². The van der Waals surface area contributed by atoms with E-state index in [0.717, 1.165) is 5.75 Å². The molecule has 0 bridgehead atoms. The lowest BCUT2D eigenvalue weighted by Crippen LogP contribution is -2.44. The Balaban J connectivity index is 2.65. The van der Waals surface area contributed by atoms with Gasteiger partial charge in [0.15, 0.2) is 0 Å². The van der Waals surface area contributed by atoms with Gasteiger partial charge in [-0.05, 0) is 45.0 Å². The second-order valence-corrected chi connectivity index (χ2v) is 4.99. The fourth-order valence-corrected chi connectivity index (χ4v) is 1.67. The number of urea groups is 1. The van der Waals surface area contributed by atoms with Crippen molar-refractivity contribution in [2.75, 3.05) is 25.5 Å². The molecular formula is C14H22N2O3. The standard InChI is InChI=1S/C14H22N2O3/c1-5-16(10-14(2,3)18)13(17)15-11-6-8-12(19-4)9-7-11/h6-9,18H,5,10H2,1-4H3,(H,15,17). The Morgan fingerprint density at radius 1 is 1.37 bits per heavy atom. The van der Waals surface area contributed by atoms with Crippen LogP contribution in [0.25, 0.3) is 0 Å². The summed E-state index contributed by atoms with van der Waals surface area (Å²) in [5.41, 5.74) is -0.215. The maximum Gasteiger partial charge on any atom is 0.321 e. The molecule has 0 fully saturated rings. The van der Waals surface area contributed by atoms with E-state index in [1.165, 1.54) is 0 Å². The van der Waals surface area contributed by atoms with Gasteiger partial charge in [-0.2, -0.15) is 0 Å². The third-order valence-corrected chi connectivity index (χ3v) is 2.59. The van der Waals surface area contributed by atoms with Crippen LogP contribution < -0.4 is 10.1 Å². The topological polar surface area (TPSA) is 61.8 Å². The maximum absolute atomic E-state index is 12.0. The molecule has 0 aromatic heterocycles. The number of anilines is 1. The van der Waals surface area contributed by atoms with Crippen molar-refractivity contribution < 1.29 is 14.6 Å². The summed E-state index contributed by atoms with van der Waals surface area (Å²) >= 11 is 0. The Hall–Kier alpha value is -1.75. The van der Waals surface area contributed by atoms with Crippen LogP contribution in [-0.2, 0) is 0 Å². The summed E-state index contributed by atoms with van der Waals surface area (Å²) in [5, 5.41) is 12.6. The van der Waals surface area contributed by atoms with Gasteiger partial charge >= 0.3 is 6.03 Å². The van der Waals surface area contributed by atoms with Crippen LogP contribution in [0.15, 0.2) is 24.3 Å². The summed E-state index contributed by atoms with van der Waals surface area (Å²) < 4.78 is 5.05. The van der Waals surface area contributed by atoms with Crippen LogP contribution >= 0.6 is 0 Å². The van der Waals surface area contributed by atoms with Crippen LogP contribution in [0.1, 0.15) is 20.8 Å². The van der Waals surface area contributed by atoms with Crippen molar-refractivity contribution in [3.63, 3.8) is 0 Å². The summed E-state index contributed by atoms with van der Waals surface area (Å²) in [7, 11) is 1.59. The first-order valence-electron chi connectivity index (χ1n) is 6.28. The minimum absolute atomic E-state index is 0.227. The number of rotatable bonds is 5. The van der Waals surface area contributed by atoms with E-state index in [2.05, 4.69) is 5.32 Å². The molecule has 1 rings (SSSR count). The van der Waals surface area contributed by atoms with Gasteiger partial charge in [0.25, 0.3) is 0 Å². The highest BCUT2D eigenvalue weighted by Gasteiger charge is 2.21. The Bertz CT molecular complexity index is 410. The number of hydrogen-bond acceptors (Lipinski definition) is 3. The number of aliphatic hydroxyl groups is 1. The monoisotopic (exact) mass is 266 g/mol. The Kier molecular flexibility index (Phi) is 5.18. The molecule has 0 saturated heterocycles. The minimum Gasteiger partial charge on any atom is -0.497 e. The van der Waals surface area contributed by atoms with Gasteiger partial charge < -0.3 is 20.1 Å². The van der Waals surface area contributed by atoms with E-state index in [1.54, 1.807) is 50.1 Å². The number of amides is 2. The Morgan fingerprint density at radius 3 is 2.37 bits per heavy atom. The molecule has 0 aliphatic heterocycles. The molecule has 5 heteroatoms. The Labute approximate surface area is 114 Å². The summed E-state index contributed by atoms with van der Waals surface area (Å²) in [6.07, 6.45) is 0. The van der Waals surface area contributed by atoms with Gasteiger partial charge in [-0.15, -0.1) is 0 Å². The zero-order valence-electron chi connectivity index (χ0n) is 11.9. The van der Waals surface area contributed by atoms with Crippen molar-refractivity contribution in [2.45, 2.75) is 26.4 Å². The van der Waals surface area contributed by atoms with Gasteiger partial charge in [0.05, 0.1) is 19.3 Å². The smallest absolute Gasteiger partial charge is 0.321 e.